The molecule has 0 heterocycles. The molecule has 4 saturated carbocycles. The minimum atomic E-state index is -2.31. The van der Waals surface area contributed by atoms with Crippen LogP contribution in [-0.2, 0) is 28.2 Å². The fraction of sp³-hybridized carbons (Fsp3) is 0.596. The molecule has 272 valence electrons. The first-order chi connectivity index (χ1) is 24.5. The maximum atomic E-state index is 15.0. The van der Waals surface area contributed by atoms with Gasteiger partial charge in [-0.05, 0) is 158 Å². The Bertz CT molecular complexity index is 1300. The average Bonchev–Trinajstić information content (AvgIpc) is 3.13. The van der Waals surface area contributed by atoms with Gasteiger partial charge in [0.25, 0.3) is 0 Å². The molecule has 4 bridgehead atoms. The van der Waals surface area contributed by atoms with Gasteiger partial charge >= 0.3 is 5.97 Å². The molecular weight excluding hydrogens is 629 g/mol. The largest absolute Gasteiger partial charge is 0.402 e. The number of unbranched alkanes of at least 4 members (excludes halogenated alkanes) is 9. The van der Waals surface area contributed by atoms with Crippen LogP contribution in [0.3, 0.4) is 0 Å². The Morgan fingerprint density at radius 3 is 1.14 bits per heavy atom. The number of carbonyl (C=O) groups excluding carboxylic acids is 1. The number of aryl methyl sites for hydroxylation is 3. The lowest BCUT2D eigenvalue weighted by molar-refractivity contribution is -0.160. The predicted octanol–water partition coefficient (Wildman–Crippen LogP) is 14.0. The molecule has 0 N–H and O–H groups in total. The molecule has 0 aromatic heterocycles. The molecule has 0 aliphatic heterocycles. The highest BCUT2D eigenvalue weighted by Crippen LogP contribution is 2.71. The van der Waals surface area contributed by atoms with Crippen molar-refractivity contribution in [2.24, 2.45) is 23.2 Å². The Hall–Kier alpha value is -2.52. The number of hydrogen-bond donors (Lipinski definition) is 0. The normalized spacial score (nSPS) is 22.9. The van der Waals surface area contributed by atoms with Gasteiger partial charge < -0.3 is 4.18 Å². The van der Waals surface area contributed by atoms with E-state index in [9.17, 15) is 0 Å². The van der Waals surface area contributed by atoms with E-state index in [2.05, 4.69) is 93.6 Å². The van der Waals surface area contributed by atoms with Crippen LogP contribution in [0.25, 0.3) is 0 Å². The Morgan fingerprint density at radius 2 is 0.840 bits per heavy atom. The van der Waals surface area contributed by atoms with Crippen LogP contribution >= 0.6 is 10.3 Å². The molecule has 0 radical (unpaired) electrons. The molecule has 0 amide bonds. The molecule has 50 heavy (non-hydrogen) atoms. The summed E-state index contributed by atoms with van der Waals surface area (Å²) in [6, 6.07) is 27.8. The van der Waals surface area contributed by atoms with Crippen molar-refractivity contribution in [1.29, 1.82) is 0 Å². The van der Waals surface area contributed by atoms with Gasteiger partial charge in [-0.2, -0.15) is 0 Å². The van der Waals surface area contributed by atoms with Crippen LogP contribution in [0.2, 0.25) is 0 Å². The summed E-state index contributed by atoms with van der Waals surface area (Å²) in [5, 5.41) is 0. The van der Waals surface area contributed by atoms with E-state index < -0.39 is 10.3 Å². The molecule has 4 aliphatic carbocycles. The lowest BCUT2D eigenvalue weighted by Crippen LogP contribution is -2.50. The number of hydrogen-bond acceptors (Lipinski definition) is 2. The molecule has 0 spiro atoms. The minimum absolute atomic E-state index is 0.0857. The maximum Gasteiger partial charge on any atom is 0.323 e. The SMILES string of the molecule is CCCCCCc1ccc(S(OC(=O)C23CC4CC(CC(C4)C2)C3)(c2ccc(CCCCCC)cc2)c2ccc(CCCCCC)cc2)cc1. The van der Waals surface area contributed by atoms with E-state index in [1.54, 1.807) is 0 Å². The van der Waals surface area contributed by atoms with Crippen LogP contribution in [0.5, 0.6) is 0 Å². The van der Waals surface area contributed by atoms with Crippen molar-refractivity contribution >= 4 is 16.3 Å². The summed E-state index contributed by atoms with van der Waals surface area (Å²) in [7, 11) is -2.31. The van der Waals surface area contributed by atoms with Crippen molar-refractivity contribution in [1.82, 2.24) is 0 Å². The lowest BCUT2D eigenvalue weighted by atomic mass is 9.49. The van der Waals surface area contributed by atoms with Crippen molar-refractivity contribution in [2.45, 2.75) is 170 Å². The van der Waals surface area contributed by atoms with Gasteiger partial charge in [-0.3, -0.25) is 4.79 Å². The smallest absolute Gasteiger partial charge is 0.323 e. The average molecular weight is 695 g/mol. The quantitative estimate of drug-likeness (QED) is 0.110. The van der Waals surface area contributed by atoms with E-state index in [1.807, 2.05) is 0 Å². The van der Waals surface area contributed by atoms with Crippen molar-refractivity contribution in [3.8, 4) is 0 Å². The van der Waals surface area contributed by atoms with Gasteiger partial charge in [0.1, 0.15) is 0 Å². The van der Waals surface area contributed by atoms with Crippen LogP contribution in [0.4, 0.5) is 0 Å². The Balaban J connectivity index is 1.39. The summed E-state index contributed by atoms with van der Waals surface area (Å²) < 4.78 is 7.38. The van der Waals surface area contributed by atoms with Gasteiger partial charge in [0.15, 0.2) is 0 Å². The lowest BCUT2D eigenvalue weighted by Gasteiger charge is -2.56. The number of rotatable bonds is 20. The molecule has 2 nitrogen and oxygen atoms in total. The molecule has 0 atom stereocenters. The summed E-state index contributed by atoms with van der Waals surface area (Å²) in [5.74, 6) is 2.18. The standard InChI is InChI=1S/C47H66O2S/c1-4-7-10-13-16-37-19-25-43(26-20-37)50(44-27-21-38(22-28-44)17-14-11-8-5-2,45-29-23-39(24-30-45)18-15-12-9-6-3)49-46(48)47-34-40-31-41(35-47)33-42(32-40)36-47/h19-30,40-42H,4-18,31-36H2,1-3H3. The third-order valence-corrected chi connectivity index (χ3v) is 15.6. The number of benzene rings is 3. The molecule has 3 heteroatoms. The number of carbonyl (C=O) groups is 1. The second-order valence-electron chi connectivity index (χ2n) is 16.5. The first kappa shape index (κ1) is 37.2. The first-order valence-corrected chi connectivity index (χ1v) is 22.4. The summed E-state index contributed by atoms with van der Waals surface area (Å²) in [6.45, 7) is 6.83. The zero-order valence-electron chi connectivity index (χ0n) is 31.7. The third kappa shape index (κ3) is 8.74. The van der Waals surface area contributed by atoms with Gasteiger partial charge in [0, 0.05) is 14.7 Å². The van der Waals surface area contributed by atoms with E-state index in [4.69, 9.17) is 4.18 Å². The molecule has 3 aromatic carbocycles. The van der Waals surface area contributed by atoms with Gasteiger partial charge in [-0.15, -0.1) is 0 Å². The van der Waals surface area contributed by atoms with Crippen molar-refractivity contribution < 1.29 is 8.98 Å². The summed E-state index contributed by atoms with van der Waals surface area (Å²) in [6.07, 6.45) is 25.6. The van der Waals surface area contributed by atoms with E-state index in [0.29, 0.717) is 17.8 Å². The van der Waals surface area contributed by atoms with E-state index >= 15 is 4.79 Å². The molecule has 4 aliphatic rings. The highest BCUT2D eigenvalue weighted by molar-refractivity contribution is 8.30. The predicted molar refractivity (Wildman–Crippen MR) is 212 cm³/mol. The summed E-state index contributed by atoms with van der Waals surface area (Å²) in [5.41, 5.74) is 3.84. The summed E-state index contributed by atoms with van der Waals surface area (Å²) >= 11 is 0. The first-order valence-electron chi connectivity index (χ1n) is 20.8. The van der Waals surface area contributed by atoms with Crippen molar-refractivity contribution in [3.05, 3.63) is 89.5 Å². The van der Waals surface area contributed by atoms with Crippen LogP contribution in [-0.4, -0.2) is 5.97 Å². The van der Waals surface area contributed by atoms with Gasteiger partial charge in [0.2, 0.25) is 0 Å². The Morgan fingerprint density at radius 1 is 0.520 bits per heavy atom. The fourth-order valence-electron chi connectivity index (χ4n) is 9.93. The van der Waals surface area contributed by atoms with Crippen molar-refractivity contribution in [3.63, 3.8) is 0 Å². The molecule has 0 saturated heterocycles. The van der Waals surface area contributed by atoms with E-state index in [1.165, 1.54) is 113 Å². The molecule has 7 rings (SSSR count). The summed E-state index contributed by atoms with van der Waals surface area (Å²) in [4.78, 5) is 18.5. The van der Waals surface area contributed by atoms with Crippen LogP contribution < -0.4 is 0 Å². The third-order valence-electron chi connectivity index (χ3n) is 12.4. The Kier molecular flexibility index (Phi) is 13.3. The zero-order chi connectivity index (χ0) is 34.8. The van der Waals surface area contributed by atoms with Crippen LogP contribution in [0, 0.1) is 23.2 Å². The minimum Gasteiger partial charge on any atom is -0.402 e. The van der Waals surface area contributed by atoms with Gasteiger partial charge in [-0.1, -0.05) is 115 Å². The second kappa shape index (κ2) is 17.8. The second-order valence-corrected chi connectivity index (χ2v) is 19.2. The molecule has 0 unspecified atom stereocenters. The van der Waals surface area contributed by atoms with E-state index in [0.717, 1.165) is 53.2 Å². The highest BCUT2D eigenvalue weighted by atomic mass is 32.3. The topological polar surface area (TPSA) is 26.3 Å². The Labute approximate surface area is 307 Å². The zero-order valence-corrected chi connectivity index (χ0v) is 32.6. The highest BCUT2D eigenvalue weighted by Gasteiger charge is 2.57. The van der Waals surface area contributed by atoms with Crippen molar-refractivity contribution in [2.75, 3.05) is 0 Å². The fourth-order valence-corrected chi connectivity index (χ4v) is 13.0. The molecule has 3 aromatic rings. The molecule has 4 fully saturated rings. The van der Waals surface area contributed by atoms with Gasteiger partial charge in [-0.25, -0.2) is 0 Å². The monoisotopic (exact) mass is 694 g/mol. The molecular formula is C47H66O2S. The maximum absolute atomic E-state index is 15.0. The van der Waals surface area contributed by atoms with E-state index in [-0.39, 0.29) is 11.4 Å². The van der Waals surface area contributed by atoms with Gasteiger partial charge in [0.05, 0.1) is 5.41 Å². The van der Waals surface area contributed by atoms with Crippen LogP contribution in [0.1, 0.15) is 153 Å². The van der Waals surface area contributed by atoms with Crippen LogP contribution in [0.15, 0.2) is 87.5 Å².